The van der Waals surface area contributed by atoms with Crippen LogP contribution < -0.4 is 11.1 Å². The minimum Gasteiger partial charge on any atom is -0.393 e. The first-order valence-electron chi connectivity index (χ1n) is 6.54. The molecule has 1 aliphatic rings. The molecule has 19 heavy (non-hydrogen) atoms. The lowest BCUT2D eigenvalue weighted by Crippen LogP contribution is -2.42. The predicted molar refractivity (Wildman–Crippen MR) is 80.9 cm³/mol. The molecule has 1 aromatic carbocycles. The van der Waals surface area contributed by atoms with Crippen LogP contribution >= 0.6 is 12.2 Å². The van der Waals surface area contributed by atoms with Gasteiger partial charge in [0.15, 0.2) is 0 Å². The van der Waals surface area contributed by atoms with Crippen LogP contribution in [0.4, 0.5) is 0 Å². The Kier molecular flexibility index (Phi) is 3.90. The van der Waals surface area contributed by atoms with Gasteiger partial charge in [-0.25, -0.2) is 0 Å². The Hall–Kier alpha value is -1.42. The summed E-state index contributed by atoms with van der Waals surface area (Å²) in [5, 5.41) is 2.96. The molecule has 2 unspecified atom stereocenters. The molecule has 0 aromatic heterocycles. The number of rotatable bonds is 5. The summed E-state index contributed by atoms with van der Waals surface area (Å²) in [6.45, 7) is 4.38. The quantitative estimate of drug-likeness (QED) is 0.811. The van der Waals surface area contributed by atoms with Crippen molar-refractivity contribution in [2.75, 3.05) is 6.54 Å². The maximum absolute atomic E-state index is 12.1. The zero-order valence-electron chi connectivity index (χ0n) is 11.3. The van der Waals surface area contributed by atoms with Gasteiger partial charge in [-0.05, 0) is 17.9 Å². The van der Waals surface area contributed by atoms with Gasteiger partial charge in [0.05, 0.1) is 4.99 Å². The van der Waals surface area contributed by atoms with Gasteiger partial charge in [-0.2, -0.15) is 0 Å². The standard InChI is InChI=1S/C15H20N2OS/c1-15(2,14(16)19)9-17-13(18)12-8-11(12)10-6-4-3-5-7-10/h3-7,11-12H,8-9H2,1-2H3,(H2,16,19)(H,17,18). The van der Waals surface area contributed by atoms with Crippen LogP contribution in [0.25, 0.3) is 0 Å². The number of carbonyl (C=O) groups excluding carboxylic acids is 1. The fourth-order valence-corrected chi connectivity index (χ4v) is 2.15. The third-order valence-electron chi connectivity index (χ3n) is 3.73. The van der Waals surface area contributed by atoms with Gasteiger partial charge >= 0.3 is 0 Å². The van der Waals surface area contributed by atoms with Crippen LogP contribution in [0.5, 0.6) is 0 Å². The van der Waals surface area contributed by atoms with Crippen molar-refractivity contribution in [2.45, 2.75) is 26.2 Å². The molecular formula is C15H20N2OS. The van der Waals surface area contributed by atoms with E-state index in [4.69, 9.17) is 18.0 Å². The van der Waals surface area contributed by atoms with Crippen LogP contribution in [0.3, 0.4) is 0 Å². The van der Waals surface area contributed by atoms with Crippen molar-refractivity contribution in [1.82, 2.24) is 5.32 Å². The topological polar surface area (TPSA) is 55.1 Å². The van der Waals surface area contributed by atoms with Crippen molar-refractivity contribution >= 4 is 23.1 Å². The molecule has 4 heteroatoms. The van der Waals surface area contributed by atoms with Gasteiger partial charge in [-0.15, -0.1) is 0 Å². The molecule has 1 fully saturated rings. The average molecular weight is 276 g/mol. The SMILES string of the molecule is CC(C)(CNC(=O)C1CC1c1ccccc1)C(N)=S. The Balaban J connectivity index is 1.86. The number of amides is 1. The van der Waals surface area contributed by atoms with Crippen LogP contribution in [0.2, 0.25) is 0 Å². The number of thiocarbonyl (C=S) groups is 1. The Labute approximate surface area is 119 Å². The van der Waals surface area contributed by atoms with Crippen molar-refractivity contribution in [1.29, 1.82) is 0 Å². The fraction of sp³-hybridized carbons (Fsp3) is 0.467. The van der Waals surface area contributed by atoms with E-state index in [0.29, 0.717) is 17.5 Å². The summed E-state index contributed by atoms with van der Waals surface area (Å²) < 4.78 is 0. The fourth-order valence-electron chi connectivity index (χ4n) is 2.08. The van der Waals surface area contributed by atoms with Gasteiger partial charge < -0.3 is 11.1 Å². The van der Waals surface area contributed by atoms with Gasteiger partial charge in [0.2, 0.25) is 5.91 Å². The first kappa shape index (κ1) is 14.0. The Morgan fingerprint density at radius 3 is 2.63 bits per heavy atom. The summed E-state index contributed by atoms with van der Waals surface area (Å²) in [4.78, 5) is 12.5. The number of nitrogens with two attached hydrogens (primary N) is 1. The van der Waals surface area contributed by atoms with Gasteiger partial charge in [0.25, 0.3) is 0 Å². The van der Waals surface area contributed by atoms with E-state index < -0.39 is 0 Å². The molecule has 1 aromatic rings. The summed E-state index contributed by atoms with van der Waals surface area (Å²) >= 11 is 4.99. The summed E-state index contributed by atoms with van der Waals surface area (Å²) in [5.41, 5.74) is 6.56. The van der Waals surface area contributed by atoms with Crippen molar-refractivity contribution in [3.05, 3.63) is 35.9 Å². The number of hydrogen-bond acceptors (Lipinski definition) is 2. The third kappa shape index (κ3) is 3.32. The molecule has 3 nitrogen and oxygen atoms in total. The van der Waals surface area contributed by atoms with E-state index in [2.05, 4.69) is 17.4 Å². The Morgan fingerprint density at radius 2 is 2.05 bits per heavy atom. The minimum atomic E-state index is -0.331. The number of hydrogen-bond donors (Lipinski definition) is 2. The molecule has 102 valence electrons. The van der Waals surface area contributed by atoms with Crippen LogP contribution in [0.1, 0.15) is 31.7 Å². The first-order chi connectivity index (χ1) is 8.92. The first-order valence-corrected chi connectivity index (χ1v) is 6.95. The lowest BCUT2D eigenvalue weighted by Gasteiger charge is -2.23. The van der Waals surface area contributed by atoms with Crippen LogP contribution in [-0.4, -0.2) is 17.4 Å². The molecule has 2 atom stereocenters. The molecule has 0 bridgehead atoms. The monoisotopic (exact) mass is 276 g/mol. The van der Waals surface area contributed by atoms with E-state index in [9.17, 15) is 4.79 Å². The third-order valence-corrected chi connectivity index (χ3v) is 4.28. The van der Waals surface area contributed by atoms with E-state index in [1.54, 1.807) is 0 Å². The molecule has 1 saturated carbocycles. The van der Waals surface area contributed by atoms with E-state index in [-0.39, 0.29) is 17.2 Å². The molecule has 0 saturated heterocycles. The minimum absolute atomic E-state index is 0.101. The summed E-state index contributed by atoms with van der Waals surface area (Å²) in [6.07, 6.45) is 0.934. The summed E-state index contributed by atoms with van der Waals surface area (Å²) in [5.74, 6) is 0.580. The second-order valence-corrected chi connectivity index (χ2v) is 6.27. The molecule has 3 N–H and O–H groups in total. The molecule has 0 aliphatic heterocycles. The molecule has 1 aliphatic carbocycles. The van der Waals surface area contributed by atoms with E-state index >= 15 is 0 Å². The van der Waals surface area contributed by atoms with E-state index in [1.807, 2.05) is 32.0 Å². The predicted octanol–water partition coefficient (Wildman–Crippen LogP) is 2.22. The van der Waals surface area contributed by atoms with Crippen LogP contribution in [0, 0.1) is 11.3 Å². The van der Waals surface area contributed by atoms with Gasteiger partial charge in [0, 0.05) is 17.9 Å². The highest BCUT2D eigenvalue weighted by Gasteiger charge is 2.44. The van der Waals surface area contributed by atoms with Crippen molar-refractivity contribution in [3.63, 3.8) is 0 Å². The maximum Gasteiger partial charge on any atom is 0.223 e. The largest absolute Gasteiger partial charge is 0.393 e. The highest BCUT2D eigenvalue weighted by Crippen LogP contribution is 2.47. The summed E-state index contributed by atoms with van der Waals surface area (Å²) in [7, 11) is 0. The highest BCUT2D eigenvalue weighted by atomic mass is 32.1. The van der Waals surface area contributed by atoms with Gasteiger partial charge in [-0.1, -0.05) is 56.4 Å². The second kappa shape index (κ2) is 5.29. The smallest absolute Gasteiger partial charge is 0.223 e. The number of carbonyl (C=O) groups is 1. The average Bonchev–Trinajstić information content (AvgIpc) is 3.17. The van der Waals surface area contributed by atoms with Crippen molar-refractivity contribution < 1.29 is 4.79 Å². The van der Waals surface area contributed by atoms with E-state index in [0.717, 1.165) is 6.42 Å². The molecule has 1 amide bonds. The molecule has 0 radical (unpaired) electrons. The zero-order valence-corrected chi connectivity index (χ0v) is 12.2. The summed E-state index contributed by atoms with van der Waals surface area (Å²) in [6, 6.07) is 10.2. The Bertz CT molecular complexity index is 484. The Morgan fingerprint density at radius 1 is 1.42 bits per heavy atom. The molecular weight excluding hydrogens is 256 g/mol. The lowest BCUT2D eigenvalue weighted by atomic mass is 9.93. The molecule has 0 heterocycles. The van der Waals surface area contributed by atoms with Crippen LogP contribution in [0.15, 0.2) is 30.3 Å². The van der Waals surface area contributed by atoms with Crippen molar-refractivity contribution in [3.8, 4) is 0 Å². The lowest BCUT2D eigenvalue weighted by molar-refractivity contribution is -0.122. The number of benzene rings is 1. The normalized spacial score (nSPS) is 21.8. The zero-order chi connectivity index (χ0) is 14.0. The van der Waals surface area contributed by atoms with Crippen LogP contribution in [-0.2, 0) is 4.79 Å². The van der Waals surface area contributed by atoms with Gasteiger partial charge in [-0.3, -0.25) is 4.79 Å². The maximum atomic E-state index is 12.1. The van der Waals surface area contributed by atoms with Gasteiger partial charge in [0.1, 0.15) is 0 Å². The van der Waals surface area contributed by atoms with Crippen molar-refractivity contribution in [2.24, 2.45) is 17.1 Å². The highest BCUT2D eigenvalue weighted by molar-refractivity contribution is 7.80. The van der Waals surface area contributed by atoms with E-state index in [1.165, 1.54) is 5.56 Å². The second-order valence-electron chi connectivity index (χ2n) is 5.83. The molecule has 0 spiro atoms. The number of nitrogens with one attached hydrogen (secondary N) is 1. The molecule has 2 rings (SSSR count).